The van der Waals surface area contributed by atoms with Gasteiger partial charge < -0.3 is 4.90 Å². The third-order valence-electron chi connectivity index (χ3n) is 4.64. The van der Waals surface area contributed by atoms with Gasteiger partial charge in [-0.1, -0.05) is 0 Å². The van der Waals surface area contributed by atoms with Crippen molar-refractivity contribution in [2.75, 3.05) is 43.4 Å². The van der Waals surface area contributed by atoms with E-state index in [0.717, 1.165) is 17.8 Å². The Morgan fingerprint density at radius 1 is 1.20 bits per heavy atom. The highest BCUT2D eigenvalue weighted by atomic mass is 32.2. The molecule has 1 unspecified atom stereocenters. The summed E-state index contributed by atoms with van der Waals surface area (Å²) in [5.41, 5.74) is 0. The third kappa shape index (κ3) is 4.71. The van der Waals surface area contributed by atoms with Crippen LogP contribution in [0, 0.1) is 11.6 Å². The minimum Gasteiger partial charge on any atom is -0.339 e. The van der Waals surface area contributed by atoms with Gasteiger partial charge in [0.25, 0.3) is 0 Å². The quantitative estimate of drug-likeness (QED) is 0.728. The highest BCUT2D eigenvalue weighted by molar-refractivity contribution is 8.00. The largest absolute Gasteiger partial charge is 0.339 e. The van der Waals surface area contributed by atoms with Gasteiger partial charge in [-0.2, -0.15) is 0 Å². The van der Waals surface area contributed by atoms with Crippen molar-refractivity contribution in [2.45, 2.75) is 17.4 Å². The minimum absolute atomic E-state index is 0.0601. The Kier molecular flexibility index (Phi) is 5.65. The van der Waals surface area contributed by atoms with Crippen molar-refractivity contribution in [3.63, 3.8) is 0 Å². The van der Waals surface area contributed by atoms with Gasteiger partial charge in [-0.3, -0.25) is 9.69 Å². The molecule has 1 amide bonds. The summed E-state index contributed by atoms with van der Waals surface area (Å²) >= 11 is 1.06. The molecule has 0 aliphatic carbocycles. The van der Waals surface area contributed by atoms with E-state index in [-0.39, 0.29) is 34.1 Å². The minimum atomic E-state index is -2.91. The van der Waals surface area contributed by atoms with Crippen molar-refractivity contribution in [1.29, 1.82) is 0 Å². The van der Waals surface area contributed by atoms with Crippen LogP contribution in [-0.4, -0.2) is 73.6 Å². The molecular formula is C16H20F2N2O3S2. The van der Waals surface area contributed by atoms with Crippen molar-refractivity contribution < 1.29 is 22.0 Å². The van der Waals surface area contributed by atoms with Crippen LogP contribution in [0.1, 0.15) is 6.42 Å². The number of amides is 1. The van der Waals surface area contributed by atoms with Gasteiger partial charge in [0.15, 0.2) is 9.84 Å². The summed E-state index contributed by atoms with van der Waals surface area (Å²) in [5.74, 6) is -0.840. The molecular weight excluding hydrogens is 370 g/mol. The predicted octanol–water partition coefficient (Wildman–Crippen LogP) is 1.39. The van der Waals surface area contributed by atoms with Crippen LogP contribution in [-0.2, 0) is 14.6 Å². The summed E-state index contributed by atoms with van der Waals surface area (Å²) < 4.78 is 49.6. The molecule has 2 fully saturated rings. The maximum absolute atomic E-state index is 13.6. The van der Waals surface area contributed by atoms with Crippen LogP contribution in [0.15, 0.2) is 23.1 Å². The third-order valence-corrected chi connectivity index (χ3v) is 7.42. The fourth-order valence-corrected chi connectivity index (χ4v) is 5.81. The molecule has 1 atom stereocenters. The molecule has 3 rings (SSSR count). The van der Waals surface area contributed by atoms with Gasteiger partial charge >= 0.3 is 0 Å². The van der Waals surface area contributed by atoms with Crippen molar-refractivity contribution in [3.05, 3.63) is 29.8 Å². The van der Waals surface area contributed by atoms with E-state index in [1.807, 2.05) is 0 Å². The molecule has 0 spiro atoms. The average Bonchev–Trinajstić information content (AvgIpc) is 2.94. The number of halogens is 2. The summed E-state index contributed by atoms with van der Waals surface area (Å²) in [5, 5.41) is 0. The average molecular weight is 390 g/mol. The molecule has 0 saturated carbocycles. The standard InChI is InChI=1S/C16H20F2N2O3S2/c17-12-1-2-15(14(18)9-12)24-10-16(21)20-6-4-19(5-7-20)13-3-8-25(22,23)11-13/h1-2,9,13H,3-8,10-11H2. The second-order valence-electron chi connectivity index (χ2n) is 6.34. The fourth-order valence-electron chi connectivity index (χ4n) is 3.22. The molecule has 9 heteroatoms. The van der Waals surface area contributed by atoms with Crippen LogP contribution >= 0.6 is 11.8 Å². The Balaban J connectivity index is 1.47. The van der Waals surface area contributed by atoms with Crippen LogP contribution in [0.25, 0.3) is 0 Å². The van der Waals surface area contributed by atoms with Crippen molar-refractivity contribution in [1.82, 2.24) is 9.80 Å². The number of rotatable bonds is 4. The first-order valence-electron chi connectivity index (χ1n) is 8.14. The number of carbonyl (C=O) groups excluding carboxylic acids is 1. The lowest BCUT2D eigenvalue weighted by atomic mass is 10.2. The highest BCUT2D eigenvalue weighted by Crippen LogP contribution is 2.23. The molecule has 1 aromatic carbocycles. The Bertz CT molecular complexity index is 750. The van der Waals surface area contributed by atoms with Gasteiger partial charge in [0.2, 0.25) is 5.91 Å². The number of sulfone groups is 1. The van der Waals surface area contributed by atoms with Crippen molar-refractivity contribution in [2.24, 2.45) is 0 Å². The molecule has 2 saturated heterocycles. The van der Waals surface area contributed by atoms with Gasteiger partial charge in [-0.25, -0.2) is 17.2 Å². The van der Waals surface area contributed by atoms with Crippen LogP contribution in [0.5, 0.6) is 0 Å². The van der Waals surface area contributed by atoms with Crippen LogP contribution in [0.3, 0.4) is 0 Å². The Morgan fingerprint density at radius 2 is 1.92 bits per heavy atom. The number of hydrogen-bond acceptors (Lipinski definition) is 5. The summed E-state index contributed by atoms with van der Waals surface area (Å²) in [7, 11) is -2.91. The second-order valence-corrected chi connectivity index (χ2v) is 9.58. The lowest BCUT2D eigenvalue weighted by Crippen LogP contribution is -2.52. The molecule has 2 heterocycles. The fraction of sp³-hybridized carbons (Fsp3) is 0.562. The highest BCUT2D eigenvalue weighted by Gasteiger charge is 2.34. The summed E-state index contributed by atoms with van der Waals surface area (Å²) in [6, 6.07) is 3.37. The number of piperazine rings is 1. The Hall–Kier alpha value is -1.19. The summed E-state index contributed by atoms with van der Waals surface area (Å²) in [6.07, 6.45) is 0.663. The number of carbonyl (C=O) groups is 1. The molecule has 25 heavy (non-hydrogen) atoms. The Labute approximate surface area is 150 Å². The van der Waals surface area contributed by atoms with Gasteiger partial charge in [-0.05, 0) is 18.6 Å². The lowest BCUT2D eigenvalue weighted by molar-refractivity contribution is -0.130. The first-order chi connectivity index (χ1) is 11.8. The monoisotopic (exact) mass is 390 g/mol. The molecule has 2 aliphatic heterocycles. The summed E-state index contributed by atoms with van der Waals surface area (Å²) in [4.78, 5) is 16.4. The van der Waals surface area contributed by atoms with Gasteiger partial charge in [0, 0.05) is 43.2 Å². The molecule has 0 radical (unpaired) electrons. The van der Waals surface area contributed by atoms with E-state index in [2.05, 4.69) is 4.90 Å². The molecule has 138 valence electrons. The van der Waals surface area contributed by atoms with Gasteiger partial charge in [0.05, 0.1) is 17.3 Å². The number of thioether (sulfide) groups is 1. The molecule has 5 nitrogen and oxygen atoms in total. The molecule has 0 aromatic heterocycles. The van der Waals surface area contributed by atoms with E-state index in [4.69, 9.17) is 0 Å². The topological polar surface area (TPSA) is 57.7 Å². The first-order valence-corrected chi connectivity index (χ1v) is 10.9. The molecule has 0 bridgehead atoms. The number of benzene rings is 1. The van der Waals surface area contributed by atoms with E-state index in [1.54, 1.807) is 4.90 Å². The zero-order chi connectivity index (χ0) is 18.0. The van der Waals surface area contributed by atoms with Crippen LogP contribution in [0.4, 0.5) is 8.78 Å². The SMILES string of the molecule is O=C(CSc1ccc(F)cc1F)N1CCN(C2CCS(=O)(=O)C2)CC1. The van der Waals surface area contributed by atoms with Gasteiger partial charge in [0.1, 0.15) is 11.6 Å². The molecule has 0 N–H and O–H groups in total. The van der Waals surface area contributed by atoms with E-state index < -0.39 is 21.5 Å². The summed E-state index contributed by atoms with van der Waals surface area (Å²) in [6.45, 7) is 2.40. The first kappa shape index (κ1) is 18.6. The van der Waals surface area contributed by atoms with Crippen molar-refractivity contribution >= 4 is 27.5 Å². The maximum atomic E-state index is 13.6. The Morgan fingerprint density at radius 3 is 2.52 bits per heavy atom. The maximum Gasteiger partial charge on any atom is 0.233 e. The predicted molar refractivity (Wildman–Crippen MR) is 92.3 cm³/mol. The van der Waals surface area contributed by atoms with Crippen LogP contribution < -0.4 is 0 Å². The molecule has 2 aliphatic rings. The van der Waals surface area contributed by atoms with E-state index >= 15 is 0 Å². The van der Waals surface area contributed by atoms with Crippen molar-refractivity contribution in [3.8, 4) is 0 Å². The smallest absolute Gasteiger partial charge is 0.233 e. The number of nitrogens with zero attached hydrogens (tertiary/aromatic N) is 2. The van der Waals surface area contributed by atoms with Crippen LogP contribution in [0.2, 0.25) is 0 Å². The van der Waals surface area contributed by atoms with E-state index in [9.17, 15) is 22.0 Å². The zero-order valence-electron chi connectivity index (χ0n) is 13.7. The normalized spacial score (nSPS) is 23.8. The number of hydrogen-bond donors (Lipinski definition) is 0. The molecule has 1 aromatic rings. The zero-order valence-corrected chi connectivity index (χ0v) is 15.3. The van der Waals surface area contributed by atoms with E-state index in [0.29, 0.717) is 32.6 Å². The second kappa shape index (κ2) is 7.59. The van der Waals surface area contributed by atoms with E-state index in [1.165, 1.54) is 12.1 Å². The lowest BCUT2D eigenvalue weighted by Gasteiger charge is -2.37. The van der Waals surface area contributed by atoms with Gasteiger partial charge in [-0.15, -0.1) is 11.8 Å².